The van der Waals surface area contributed by atoms with Crippen LogP contribution in [0.25, 0.3) is 5.69 Å². The van der Waals surface area contributed by atoms with Crippen molar-refractivity contribution in [3.05, 3.63) is 66.0 Å². The maximum atomic E-state index is 11.9. The Balaban J connectivity index is 1.74. The number of para-hydroxylation sites is 2. The summed E-state index contributed by atoms with van der Waals surface area (Å²) in [6.07, 6.45) is 1.68. The molecule has 7 heteroatoms. The molecule has 0 aliphatic carbocycles. The van der Waals surface area contributed by atoms with Crippen LogP contribution in [0.2, 0.25) is 0 Å². The van der Waals surface area contributed by atoms with Crippen LogP contribution in [0.1, 0.15) is 15.9 Å². The maximum absolute atomic E-state index is 11.9. The number of hydrogen-bond donors (Lipinski definition) is 0. The van der Waals surface area contributed by atoms with Crippen LogP contribution < -0.4 is 4.74 Å². The summed E-state index contributed by atoms with van der Waals surface area (Å²) < 4.78 is 7.33. The minimum atomic E-state index is 0.000110. The van der Waals surface area contributed by atoms with E-state index in [1.54, 1.807) is 44.2 Å². The van der Waals surface area contributed by atoms with Gasteiger partial charge in [-0.1, -0.05) is 36.0 Å². The van der Waals surface area contributed by atoms with Gasteiger partial charge in [-0.15, -0.1) is 10.2 Å². The van der Waals surface area contributed by atoms with Crippen molar-refractivity contribution in [2.45, 2.75) is 10.9 Å². The van der Waals surface area contributed by atoms with Crippen molar-refractivity contribution >= 4 is 17.7 Å². The molecule has 0 bridgehead atoms. The van der Waals surface area contributed by atoms with E-state index in [0.29, 0.717) is 5.56 Å². The molecule has 0 aliphatic rings. The number of ether oxygens (including phenoxy) is 1. The number of nitrogens with zero attached hydrogens (tertiary/aromatic N) is 4. The lowest BCUT2D eigenvalue weighted by Crippen LogP contribution is -2.21. The molecule has 0 spiro atoms. The molecule has 1 aromatic heterocycles. The summed E-state index contributed by atoms with van der Waals surface area (Å²) in [6, 6.07) is 15.4. The third-order valence-corrected chi connectivity index (χ3v) is 4.85. The second kappa shape index (κ2) is 8.05. The fraction of sp³-hybridized carbons (Fsp3) is 0.211. The number of rotatable bonds is 6. The third kappa shape index (κ3) is 3.88. The highest BCUT2D eigenvalue weighted by Crippen LogP contribution is 2.28. The lowest BCUT2D eigenvalue weighted by Gasteiger charge is -2.11. The molecule has 0 fully saturated rings. The average Bonchev–Trinajstić information content (AvgIpc) is 3.14. The van der Waals surface area contributed by atoms with E-state index >= 15 is 0 Å². The average molecular weight is 368 g/mol. The number of thioether (sulfide) groups is 1. The normalized spacial score (nSPS) is 10.6. The van der Waals surface area contributed by atoms with Crippen LogP contribution in [-0.2, 0) is 5.75 Å². The Morgan fingerprint density at radius 3 is 2.58 bits per heavy atom. The highest BCUT2D eigenvalue weighted by Gasteiger charge is 2.12. The minimum absolute atomic E-state index is 0.000110. The molecule has 0 atom stereocenters. The van der Waals surface area contributed by atoms with Crippen LogP contribution in [-0.4, -0.2) is 46.8 Å². The van der Waals surface area contributed by atoms with Gasteiger partial charge in [0.1, 0.15) is 12.1 Å². The maximum Gasteiger partial charge on any atom is 0.253 e. The lowest BCUT2D eigenvalue weighted by atomic mass is 10.1. The van der Waals surface area contributed by atoms with Gasteiger partial charge in [-0.25, -0.2) is 0 Å². The van der Waals surface area contributed by atoms with Crippen LogP contribution in [0.5, 0.6) is 5.75 Å². The van der Waals surface area contributed by atoms with Crippen LogP contribution in [0, 0.1) is 0 Å². The second-order valence-electron chi connectivity index (χ2n) is 5.84. The zero-order valence-electron chi connectivity index (χ0n) is 14.9. The van der Waals surface area contributed by atoms with Crippen LogP contribution in [0.3, 0.4) is 0 Å². The van der Waals surface area contributed by atoms with Gasteiger partial charge in [-0.05, 0) is 29.8 Å². The molecule has 3 aromatic rings. The molecule has 0 N–H and O–H groups in total. The summed E-state index contributed by atoms with van der Waals surface area (Å²) >= 11 is 1.58. The first-order chi connectivity index (χ1) is 12.6. The molecule has 3 rings (SSSR count). The Bertz CT molecular complexity index is 891. The van der Waals surface area contributed by atoms with E-state index in [2.05, 4.69) is 10.2 Å². The zero-order valence-corrected chi connectivity index (χ0v) is 15.7. The highest BCUT2D eigenvalue weighted by molar-refractivity contribution is 7.98. The van der Waals surface area contributed by atoms with E-state index in [1.165, 1.54) is 0 Å². The number of carbonyl (C=O) groups is 1. The van der Waals surface area contributed by atoms with Gasteiger partial charge in [0, 0.05) is 25.4 Å². The van der Waals surface area contributed by atoms with E-state index in [9.17, 15) is 4.79 Å². The van der Waals surface area contributed by atoms with Gasteiger partial charge in [-0.3, -0.25) is 9.36 Å². The predicted octanol–water partition coefficient (Wildman–Crippen LogP) is 3.27. The first-order valence-corrected chi connectivity index (χ1v) is 9.05. The zero-order chi connectivity index (χ0) is 18.5. The summed E-state index contributed by atoms with van der Waals surface area (Å²) in [7, 11) is 5.14. The monoisotopic (exact) mass is 368 g/mol. The molecule has 1 amide bonds. The van der Waals surface area contributed by atoms with E-state index in [1.807, 2.05) is 53.1 Å². The molecule has 0 unspecified atom stereocenters. The van der Waals surface area contributed by atoms with Crippen molar-refractivity contribution in [3.63, 3.8) is 0 Å². The lowest BCUT2D eigenvalue weighted by molar-refractivity contribution is 0.0827. The van der Waals surface area contributed by atoms with Crippen molar-refractivity contribution in [2.75, 3.05) is 21.2 Å². The molecule has 0 radical (unpaired) electrons. The molecular formula is C19H20N4O2S. The second-order valence-corrected chi connectivity index (χ2v) is 6.78. The number of amides is 1. The molecular weight excluding hydrogens is 348 g/mol. The van der Waals surface area contributed by atoms with Gasteiger partial charge in [0.2, 0.25) is 0 Å². The number of aromatic nitrogens is 3. The first kappa shape index (κ1) is 18.0. The van der Waals surface area contributed by atoms with E-state index < -0.39 is 0 Å². The topological polar surface area (TPSA) is 60.2 Å². The van der Waals surface area contributed by atoms with Crippen LogP contribution in [0.4, 0.5) is 0 Å². The van der Waals surface area contributed by atoms with Crippen molar-refractivity contribution in [1.82, 2.24) is 19.7 Å². The Morgan fingerprint density at radius 1 is 1.15 bits per heavy atom. The third-order valence-electron chi connectivity index (χ3n) is 3.84. The fourth-order valence-electron chi connectivity index (χ4n) is 2.47. The Kier molecular flexibility index (Phi) is 5.58. The van der Waals surface area contributed by atoms with Gasteiger partial charge in [-0.2, -0.15) is 0 Å². The van der Waals surface area contributed by atoms with Gasteiger partial charge in [0.05, 0.1) is 12.8 Å². The molecule has 26 heavy (non-hydrogen) atoms. The summed E-state index contributed by atoms with van der Waals surface area (Å²) in [5, 5.41) is 9.02. The molecule has 2 aromatic carbocycles. The van der Waals surface area contributed by atoms with Crippen molar-refractivity contribution < 1.29 is 9.53 Å². The summed E-state index contributed by atoms with van der Waals surface area (Å²) in [5.74, 6) is 1.49. The minimum Gasteiger partial charge on any atom is -0.495 e. The van der Waals surface area contributed by atoms with E-state index in [0.717, 1.165) is 27.9 Å². The molecule has 134 valence electrons. The number of benzene rings is 2. The Hall–Kier alpha value is -2.80. The van der Waals surface area contributed by atoms with Crippen LogP contribution >= 0.6 is 11.8 Å². The van der Waals surface area contributed by atoms with E-state index in [4.69, 9.17) is 4.74 Å². The molecule has 0 saturated heterocycles. The summed E-state index contributed by atoms with van der Waals surface area (Å²) in [6.45, 7) is 0. The number of hydrogen-bond acceptors (Lipinski definition) is 5. The smallest absolute Gasteiger partial charge is 0.253 e. The molecule has 0 aliphatic heterocycles. The SMILES string of the molecule is COc1ccccc1-n1cnnc1SCc1ccc(C(=O)N(C)C)cc1. The Morgan fingerprint density at radius 2 is 1.88 bits per heavy atom. The molecule has 1 heterocycles. The van der Waals surface area contributed by atoms with Crippen molar-refractivity contribution in [3.8, 4) is 11.4 Å². The fourth-order valence-corrected chi connectivity index (χ4v) is 3.34. The predicted molar refractivity (Wildman–Crippen MR) is 102 cm³/mol. The number of carbonyl (C=O) groups excluding carboxylic acids is 1. The highest BCUT2D eigenvalue weighted by atomic mass is 32.2. The van der Waals surface area contributed by atoms with Gasteiger partial charge >= 0.3 is 0 Å². The summed E-state index contributed by atoms with van der Waals surface area (Å²) in [4.78, 5) is 13.5. The van der Waals surface area contributed by atoms with Crippen molar-refractivity contribution in [1.29, 1.82) is 0 Å². The first-order valence-electron chi connectivity index (χ1n) is 8.07. The van der Waals surface area contributed by atoms with E-state index in [-0.39, 0.29) is 5.91 Å². The van der Waals surface area contributed by atoms with Gasteiger partial charge in [0.25, 0.3) is 5.91 Å². The quantitative estimate of drug-likeness (QED) is 0.625. The molecule has 0 saturated carbocycles. The number of methoxy groups -OCH3 is 1. The largest absolute Gasteiger partial charge is 0.495 e. The van der Waals surface area contributed by atoms with Gasteiger partial charge < -0.3 is 9.64 Å². The standard InChI is InChI=1S/C19H20N4O2S/c1-22(2)18(24)15-10-8-14(9-11-15)12-26-19-21-20-13-23(19)16-6-4-5-7-17(16)25-3/h4-11,13H,12H2,1-3H3. The Labute approximate surface area is 156 Å². The van der Waals surface area contributed by atoms with Crippen LogP contribution in [0.15, 0.2) is 60.0 Å². The van der Waals surface area contributed by atoms with Crippen molar-refractivity contribution in [2.24, 2.45) is 0 Å². The molecule has 6 nitrogen and oxygen atoms in total. The van der Waals surface area contributed by atoms with Gasteiger partial charge in [0.15, 0.2) is 5.16 Å². The summed E-state index contributed by atoms with van der Waals surface area (Å²) in [5.41, 5.74) is 2.69.